The molecule has 63 heavy (non-hydrogen) atoms. The van der Waals surface area contributed by atoms with Gasteiger partial charge in [0.15, 0.2) is 6.10 Å². The average Bonchev–Trinajstić information content (AvgIpc) is 3.24. The van der Waals surface area contributed by atoms with E-state index in [1.54, 1.807) is 6.08 Å². The molecule has 15 nitrogen and oxygen atoms in total. The maximum atomic E-state index is 12.7. The van der Waals surface area contributed by atoms with Crippen molar-refractivity contribution < 1.29 is 71.8 Å². The van der Waals surface area contributed by atoms with Gasteiger partial charge in [-0.2, -0.15) is 0 Å². The summed E-state index contributed by atoms with van der Waals surface area (Å²) in [6.45, 7) is 1.15. The molecule has 0 bridgehead atoms. The summed E-state index contributed by atoms with van der Waals surface area (Å²) in [5, 5.41) is 30.4. The first-order valence-corrected chi connectivity index (χ1v) is 25.1. The van der Waals surface area contributed by atoms with Crippen LogP contribution in [0.1, 0.15) is 129 Å². The predicted octanol–water partition coefficient (Wildman–Crippen LogP) is 9.28. The summed E-state index contributed by atoms with van der Waals surface area (Å²) in [4.78, 5) is 52.8. The molecule has 0 aliphatic rings. The van der Waals surface area contributed by atoms with E-state index < -0.39 is 78.4 Å². The number of esters is 2. The van der Waals surface area contributed by atoms with Gasteiger partial charge in [-0.25, -0.2) is 9.13 Å². The second-order valence-corrected chi connectivity index (χ2v) is 17.2. The Bertz CT molecular complexity index is 1510. The zero-order valence-electron chi connectivity index (χ0n) is 37.4. The molecule has 5 atom stereocenters. The van der Waals surface area contributed by atoms with E-state index in [4.69, 9.17) is 23.8 Å². The number of phosphoric acid groups is 2. The Morgan fingerprint density at radius 3 is 1.51 bits per heavy atom. The molecular weight excluding hydrogens is 854 g/mol. The summed E-state index contributed by atoms with van der Waals surface area (Å²) >= 11 is 0. The maximum Gasteiger partial charge on any atom is 0.472 e. The highest BCUT2D eigenvalue weighted by Gasteiger charge is 2.28. The first-order chi connectivity index (χ1) is 30.2. The molecule has 0 saturated carbocycles. The SMILES string of the molecule is CC/C=C\C/C=C\C/C=C\C/C=C\CCCCCCC(=O)O[C@H](COC(=O)CCC[C@H](O)[C@@H](O)C/C=C\C/C=C\C/C=C\C/C=C\CC)COP(=O)(O)OC[C@@H](O)COP(=O)(O)O. The number of rotatable bonds is 40. The van der Waals surface area contributed by atoms with Crippen LogP contribution in [-0.2, 0) is 41.8 Å². The molecule has 0 aliphatic carbocycles. The highest BCUT2D eigenvalue weighted by Crippen LogP contribution is 2.43. The van der Waals surface area contributed by atoms with Crippen molar-refractivity contribution in [1.82, 2.24) is 0 Å². The quantitative estimate of drug-likeness (QED) is 0.0145. The monoisotopic (exact) mass is 930 g/mol. The molecule has 0 fully saturated rings. The van der Waals surface area contributed by atoms with Crippen molar-refractivity contribution in [2.24, 2.45) is 0 Å². The Kier molecular flexibility index (Phi) is 38.5. The first kappa shape index (κ1) is 60.0. The van der Waals surface area contributed by atoms with E-state index in [2.05, 4.69) is 102 Å². The van der Waals surface area contributed by atoms with E-state index in [-0.39, 0.29) is 32.1 Å². The summed E-state index contributed by atoms with van der Waals surface area (Å²) in [5.74, 6) is -1.36. The van der Waals surface area contributed by atoms with Gasteiger partial charge in [0, 0.05) is 12.8 Å². The van der Waals surface area contributed by atoms with Gasteiger partial charge >= 0.3 is 27.6 Å². The molecule has 0 spiro atoms. The van der Waals surface area contributed by atoms with E-state index in [0.717, 1.165) is 70.6 Å². The fourth-order valence-electron chi connectivity index (χ4n) is 5.25. The molecule has 0 rings (SSSR count). The lowest BCUT2D eigenvalue weighted by Crippen LogP contribution is -2.30. The van der Waals surface area contributed by atoms with Crippen molar-refractivity contribution in [3.05, 3.63) is 97.2 Å². The average molecular weight is 931 g/mol. The van der Waals surface area contributed by atoms with Crippen LogP contribution in [0.3, 0.4) is 0 Å². The largest absolute Gasteiger partial charge is 0.472 e. The number of unbranched alkanes of at least 4 members (excludes halogenated alkanes) is 4. The van der Waals surface area contributed by atoms with Gasteiger partial charge in [0.05, 0.1) is 32.0 Å². The summed E-state index contributed by atoms with van der Waals surface area (Å²) in [5.41, 5.74) is 0. The zero-order valence-corrected chi connectivity index (χ0v) is 39.1. The Morgan fingerprint density at radius 1 is 0.508 bits per heavy atom. The molecule has 6 N–H and O–H groups in total. The van der Waals surface area contributed by atoms with Crippen LogP contribution in [0.15, 0.2) is 97.2 Å². The van der Waals surface area contributed by atoms with Crippen LogP contribution in [0.5, 0.6) is 0 Å². The number of allylic oxidation sites excluding steroid dienone is 15. The number of ether oxygens (including phenoxy) is 2. The van der Waals surface area contributed by atoms with Crippen molar-refractivity contribution in [1.29, 1.82) is 0 Å². The van der Waals surface area contributed by atoms with Crippen LogP contribution >= 0.6 is 15.6 Å². The van der Waals surface area contributed by atoms with Crippen molar-refractivity contribution in [2.45, 2.75) is 154 Å². The number of carbonyl (C=O) groups is 2. The second-order valence-electron chi connectivity index (χ2n) is 14.5. The number of hydrogen-bond donors (Lipinski definition) is 6. The fourth-order valence-corrected chi connectivity index (χ4v) is 6.40. The number of hydrogen-bond acceptors (Lipinski definition) is 12. The molecule has 0 aliphatic heterocycles. The van der Waals surface area contributed by atoms with Gasteiger partial charge in [-0.05, 0) is 89.9 Å². The van der Waals surface area contributed by atoms with Crippen molar-refractivity contribution in [3.63, 3.8) is 0 Å². The third-order valence-electron chi connectivity index (χ3n) is 8.66. The Balaban J connectivity index is 4.80. The van der Waals surface area contributed by atoms with Gasteiger partial charge in [-0.1, -0.05) is 124 Å². The standard InChI is InChI=1S/C46H76O15P2/c1-3-5-7-9-11-13-15-17-18-19-20-21-23-25-27-29-31-35-46(51)61-42(40-60-63(55,56)59-38-41(47)37-58-62(52,53)54)39-57-45(50)36-32-34-44(49)43(48)33-30-28-26-24-22-16-14-12-10-8-6-4-2/h5-8,11-14,17-18,20-22,24,28,30,41-44,47-49H,3-4,9-10,15-16,19,23,25-27,29,31-40H2,1-2H3,(H,55,56)(H2,52,53,54)/b7-5-,8-6-,13-11-,14-12-,18-17-,21-20-,24-22-,30-28-/t41-,42+,43-,44-/m0/s1. The van der Waals surface area contributed by atoms with Gasteiger partial charge in [0.25, 0.3) is 0 Å². The summed E-state index contributed by atoms with van der Waals surface area (Å²) in [6.07, 6.45) is 40.0. The van der Waals surface area contributed by atoms with E-state index in [0.29, 0.717) is 12.8 Å². The molecule has 17 heteroatoms. The Labute approximate surface area is 375 Å². The number of aliphatic hydroxyl groups is 3. The van der Waals surface area contributed by atoms with E-state index >= 15 is 0 Å². The lowest BCUT2D eigenvalue weighted by Gasteiger charge is -2.20. The van der Waals surface area contributed by atoms with Crippen LogP contribution in [0.2, 0.25) is 0 Å². The highest BCUT2D eigenvalue weighted by atomic mass is 31.2. The van der Waals surface area contributed by atoms with Crippen LogP contribution < -0.4 is 0 Å². The highest BCUT2D eigenvalue weighted by molar-refractivity contribution is 7.47. The predicted molar refractivity (Wildman–Crippen MR) is 246 cm³/mol. The van der Waals surface area contributed by atoms with Gasteiger partial charge in [0.2, 0.25) is 0 Å². The third kappa shape index (κ3) is 42.7. The molecule has 0 saturated heterocycles. The minimum atomic E-state index is -4.90. The van der Waals surface area contributed by atoms with Crippen molar-refractivity contribution in [2.75, 3.05) is 26.4 Å². The lowest BCUT2D eigenvalue weighted by atomic mass is 10.0. The van der Waals surface area contributed by atoms with Gasteiger partial charge < -0.3 is 39.5 Å². The third-order valence-corrected chi connectivity index (χ3v) is 10.1. The molecule has 0 amide bonds. The van der Waals surface area contributed by atoms with Crippen LogP contribution in [0, 0.1) is 0 Å². The van der Waals surface area contributed by atoms with Crippen LogP contribution in [0.4, 0.5) is 0 Å². The molecular formula is C46H76O15P2. The van der Waals surface area contributed by atoms with E-state index in [9.17, 15) is 38.9 Å². The van der Waals surface area contributed by atoms with Crippen LogP contribution in [-0.4, -0.2) is 92.8 Å². The Morgan fingerprint density at radius 2 is 0.968 bits per heavy atom. The topological polar surface area (TPSA) is 236 Å². The fraction of sp³-hybridized carbons (Fsp3) is 0.609. The Hall–Kier alpha value is -3.04. The summed E-state index contributed by atoms with van der Waals surface area (Å²) in [7, 11) is -9.79. The van der Waals surface area contributed by atoms with E-state index in [1.165, 1.54) is 0 Å². The normalized spacial score (nSPS) is 15.9. The molecule has 0 radical (unpaired) electrons. The van der Waals surface area contributed by atoms with Gasteiger partial charge in [-0.15, -0.1) is 0 Å². The van der Waals surface area contributed by atoms with Crippen molar-refractivity contribution >= 4 is 27.6 Å². The number of aliphatic hydroxyl groups excluding tert-OH is 3. The van der Waals surface area contributed by atoms with E-state index in [1.807, 2.05) is 12.2 Å². The number of phosphoric ester groups is 2. The molecule has 360 valence electrons. The lowest BCUT2D eigenvalue weighted by molar-refractivity contribution is -0.161. The number of carbonyl (C=O) groups excluding carboxylic acids is 2. The first-order valence-electron chi connectivity index (χ1n) is 22.1. The maximum absolute atomic E-state index is 12.7. The van der Waals surface area contributed by atoms with Crippen LogP contribution in [0.25, 0.3) is 0 Å². The summed E-state index contributed by atoms with van der Waals surface area (Å²) in [6, 6.07) is 0. The second kappa shape index (κ2) is 40.5. The van der Waals surface area contributed by atoms with Gasteiger partial charge in [-0.3, -0.25) is 23.2 Å². The van der Waals surface area contributed by atoms with Gasteiger partial charge in [0.1, 0.15) is 12.7 Å². The summed E-state index contributed by atoms with van der Waals surface area (Å²) < 4.78 is 47.6. The molecule has 0 heterocycles. The smallest absolute Gasteiger partial charge is 0.462 e. The molecule has 1 unspecified atom stereocenters. The minimum absolute atomic E-state index is 0.0363. The minimum Gasteiger partial charge on any atom is -0.462 e. The molecule has 0 aromatic rings. The van der Waals surface area contributed by atoms with Crippen molar-refractivity contribution in [3.8, 4) is 0 Å². The molecule has 0 aromatic carbocycles. The molecule has 0 aromatic heterocycles. The zero-order chi connectivity index (χ0) is 46.9.